The van der Waals surface area contributed by atoms with Crippen LogP contribution in [0.25, 0.3) is 0 Å². The predicted octanol–water partition coefficient (Wildman–Crippen LogP) is 2.73. The van der Waals surface area contributed by atoms with Crippen LogP contribution in [0.1, 0.15) is 40.9 Å². The highest BCUT2D eigenvalue weighted by Crippen LogP contribution is 2.51. The average molecular weight is 316 g/mol. The lowest BCUT2D eigenvalue weighted by Gasteiger charge is -2.42. The molecule has 1 saturated heterocycles. The molecular weight excluding hydrogens is 302 g/mol. The molecule has 92 valence electrons. The zero-order valence-electron chi connectivity index (χ0n) is 9.41. The molecule has 1 N–H and O–H groups in total. The minimum Gasteiger partial charge on any atom is -0.396 e. The zero-order chi connectivity index (χ0) is 12.0. The fraction of sp³-hybridized carbons (Fsp3) is 0.583. The van der Waals surface area contributed by atoms with Gasteiger partial charge in [0, 0.05) is 18.0 Å². The molecule has 2 aliphatic heterocycles. The molecule has 5 heteroatoms. The molecule has 0 bridgehead atoms. The number of carbonyl (C=O) groups is 1. The molecule has 1 fully saturated rings. The standard InChI is InChI=1S/C12H14BrNO2S/c13-9-7-8-10(17-9)12(4-6-15)3-1-2-5-14(12)11(8)16/h7,15H,1-6H2. The number of halogens is 1. The Labute approximate surface area is 113 Å². The van der Waals surface area contributed by atoms with E-state index in [1.807, 2.05) is 11.0 Å². The van der Waals surface area contributed by atoms with Crippen LogP contribution in [0.2, 0.25) is 0 Å². The van der Waals surface area contributed by atoms with Gasteiger partial charge in [0.2, 0.25) is 0 Å². The van der Waals surface area contributed by atoms with Crippen molar-refractivity contribution in [1.82, 2.24) is 4.90 Å². The van der Waals surface area contributed by atoms with Gasteiger partial charge >= 0.3 is 0 Å². The molecule has 1 aromatic heterocycles. The fourth-order valence-electron chi connectivity index (χ4n) is 3.14. The molecule has 17 heavy (non-hydrogen) atoms. The molecule has 3 rings (SSSR count). The largest absolute Gasteiger partial charge is 0.396 e. The van der Waals surface area contributed by atoms with Crippen molar-refractivity contribution in [3.05, 3.63) is 20.3 Å². The van der Waals surface area contributed by atoms with Crippen LogP contribution < -0.4 is 0 Å². The third-order valence-electron chi connectivity index (χ3n) is 3.86. The number of piperidine rings is 1. The van der Waals surface area contributed by atoms with E-state index in [2.05, 4.69) is 15.9 Å². The van der Waals surface area contributed by atoms with Crippen molar-refractivity contribution in [2.45, 2.75) is 31.2 Å². The molecule has 0 aliphatic carbocycles. The summed E-state index contributed by atoms with van der Waals surface area (Å²) < 4.78 is 1.01. The van der Waals surface area contributed by atoms with Crippen LogP contribution in [-0.4, -0.2) is 29.1 Å². The minimum absolute atomic E-state index is 0.138. The highest BCUT2D eigenvalue weighted by atomic mass is 79.9. The van der Waals surface area contributed by atoms with E-state index in [1.54, 1.807) is 11.3 Å². The third-order valence-corrected chi connectivity index (χ3v) is 5.70. The first-order valence-electron chi connectivity index (χ1n) is 5.92. The Balaban J connectivity index is 2.13. The van der Waals surface area contributed by atoms with Gasteiger partial charge in [-0.05, 0) is 47.7 Å². The van der Waals surface area contributed by atoms with Crippen molar-refractivity contribution >= 4 is 33.2 Å². The molecular formula is C12H14BrNO2S. The number of hydrogen-bond donors (Lipinski definition) is 1. The normalized spacial score (nSPS) is 27.2. The average Bonchev–Trinajstić information content (AvgIpc) is 2.79. The van der Waals surface area contributed by atoms with Crippen molar-refractivity contribution in [3.8, 4) is 0 Å². The van der Waals surface area contributed by atoms with Crippen molar-refractivity contribution in [2.24, 2.45) is 0 Å². The Kier molecular flexibility index (Phi) is 2.80. The van der Waals surface area contributed by atoms with Crippen LogP contribution in [-0.2, 0) is 5.54 Å². The molecule has 1 amide bonds. The summed E-state index contributed by atoms with van der Waals surface area (Å²) in [4.78, 5) is 15.5. The SMILES string of the molecule is O=C1c2cc(Br)sc2C2(CCO)CCCCN12. The number of nitrogens with zero attached hydrogens (tertiary/aromatic N) is 1. The van der Waals surface area contributed by atoms with Gasteiger partial charge in [-0.3, -0.25) is 4.79 Å². The van der Waals surface area contributed by atoms with Gasteiger partial charge in [-0.25, -0.2) is 0 Å². The zero-order valence-corrected chi connectivity index (χ0v) is 11.8. The molecule has 1 aromatic rings. The Bertz CT molecular complexity index is 469. The second-order valence-corrected chi connectivity index (χ2v) is 7.14. The Morgan fingerprint density at radius 1 is 1.53 bits per heavy atom. The molecule has 2 aliphatic rings. The Morgan fingerprint density at radius 3 is 3.12 bits per heavy atom. The number of thiophene rings is 1. The molecule has 1 unspecified atom stereocenters. The molecule has 1 atom stereocenters. The molecule has 3 nitrogen and oxygen atoms in total. The van der Waals surface area contributed by atoms with Gasteiger partial charge in [-0.1, -0.05) is 0 Å². The van der Waals surface area contributed by atoms with Crippen LogP contribution in [0.3, 0.4) is 0 Å². The summed E-state index contributed by atoms with van der Waals surface area (Å²) in [5.74, 6) is 0.148. The monoisotopic (exact) mass is 315 g/mol. The quantitative estimate of drug-likeness (QED) is 0.911. The lowest BCUT2D eigenvalue weighted by molar-refractivity contribution is 0.0309. The minimum atomic E-state index is -0.212. The number of hydrogen-bond acceptors (Lipinski definition) is 3. The summed E-state index contributed by atoms with van der Waals surface area (Å²) in [6.45, 7) is 0.969. The van der Waals surface area contributed by atoms with E-state index in [0.717, 1.165) is 40.0 Å². The van der Waals surface area contributed by atoms with Crippen LogP contribution in [0.15, 0.2) is 9.85 Å². The van der Waals surface area contributed by atoms with E-state index in [9.17, 15) is 9.90 Å². The third kappa shape index (κ3) is 1.52. The first kappa shape index (κ1) is 11.7. The van der Waals surface area contributed by atoms with Gasteiger partial charge in [0.15, 0.2) is 0 Å². The predicted molar refractivity (Wildman–Crippen MR) is 70.3 cm³/mol. The highest BCUT2D eigenvalue weighted by Gasteiger charge is 2.51. The topological polar surface area (TPSA) is 40.5 Å². The summed E-state index contributed by atoms with van der Waals surface area (Å²) in [5, 5.41) is 9.33. The summed E-state index contributed by atoms with van der Waals surface area (Å²) in [7, 11) is 0. The van der Waals surface area contributed by atoms with Gasteiger partial charge in [-0.15, -0.1) is 11.3 Å². The highest BCUT2D eigenvalue weighted by molar-refractivity contribution is 9.11. The number of aliphatic hydroxyl groups excluding tert-OH is 1. The molecule has 0 saturated carbocycles. The van der Waals surface area contributed by atoms with Gasteiger partial charge in [-0.2, -0.15) is 0 Å². The summed E-state index contributed by atoms with van der Waals surface area (Å²) in [5.41, 5.74) is 0.632. The number of amides is 1. The lowest BCUT2D eigenvalue weighted by Crippen LogP contribution is -2.47. The van der Waals surface area contributed by atoms with Crippen molar-refractivity contribution in [1.29, 1.82) is 0 Å². The van der Waals surface area contributed by atoms with E-state index < -0.39 is 0 Å². The molecule has 0 spiro atoms. The van der Waals surface area contributed by atoms with Crippen molar-refractivity contribution < 1.29 is 9.90 Å². The van der Waals surface area contributed by atoms with Crippen molar-refractivity contribution in [3.63, 3.8) is 0 Å². The summed E-state index contributed by atoms with van der Waals surface area (Å²) in [6, 6.07) is 1.93. The number of carbonyl (C=O) groups excluding carboxylic acids is 1. The maximum atomic E-state index is 12.4. The maximum Gasteiger partial charge on any atom is 0.255 e. The summed E-state index contributed by atoms with van der Waals surface area (Å²) >= 11 is 5.11. The van der Waals surface area contributed by atoms with E-state index in [4.69, 9.17) is 0 Å². The summed E-state index contributed by atoms with van der Waals surface area (Å²) in [6.07, 6.45) is 3.87. The van der Waals surface area contributed by atoms with E-state index >= 15 is 0 Å². The molecule has 3 heterocycles. The lowest BCUT2D eigenvalue weighted by atomic mass is 9.84. The molecule has 0 aromatic carbocycles. The molecule has 0 radical (unpaired) electrons. The fourth-order valence-corrected chi connectivity index (χ4v) is 4.98. The van der Waals surface area contributed by atoms with Crippen LogP contribution in [0.5, 0.6) is 0 Å². The van der Waals surface area contributed by atoms with Crippen molar-refractivity contribution in [2.75, 3.05) is 13.2 Å². The van der Waals surface area contributed by atoms with Gasteiger partial charge in [0.05, 0.1) is 14.9 Å². The van der Waals surface area contributed by atoms with Crippen LogP contribution in [0, 0.1) is 0 Å². The van der Waals surface area contributed by atoms with Gasteiger partial charge < -0.3 is 10.0 Å². The second kappa shape index (κ2) is 4.07. The number of fused-ring (bicyclic) bond motifs is 3. The van der Waals surface area contributed by atoms with E-state index in [0.29, 0.717) is 6.42 Å². The number of aliphatic hydroxyl groups is 1. The Morgan fingerprint density at radius 2 is 2.35 bits per heavy atom. The van der Waals surface area contributed by atoms with Gasteiger partial charge in [0.1, 0.15) is 0 Å². The second-order valence-electron chi connectivity index (χ2n) is 4.71. The van der Waals surface area contributed by atoms with Crippen LogP contribution in [0.4, 0.5) is 0 Å². The van der Waals surface area contributed by atoms with Gasteiger partial charge in [0.25, 0.3) is 5.91 Å². The van der Waals surface area contributed by atoms with E-state index in [-0.39, 0.29) is 18.1 Å². The van der Waals surface area contributed by atoms with E-state index in [1.165, 1.54) is 0 Å². The van der Waals surface area contributed by atoms with Crippen LogP contribution >= 0.6 is 27.3 Å². The first-order valence-corrected chi connectivity index (χ1v) is 7.52. The maximum absolute atomic E-state index is 12.4. The smallest absolute Gasteiger partial charge is 0.255 e. The first-order chi connectivity index (χ1) is 8.19. The Hall–Kier alpha value is -0.390. The number of rotatable bonds is 2.